The van der Waals surface area contributed by atoms with E-state index in [-0.39, 0.29) is 11.9 Å². The first-order chi connectivity index (χ1) is 16.4. The van der Waals surface area contributed by atoms with Gasteiger partial charge in [0.15, 0.2) is 0 Å². The van der Waals surface area contributed by atoms with E-state index < -0.39 is 0 Å². The highest BCUT2D eigenvalue weighted by atomic mass is 16.5. The van der Waals surface area contributed by atoms with Crippen LogP contribution in [0.2, 0.25) is 0 Å². The van der Waals surface area contributed by atoms with Crippen LogP contribution in [0.4, 0.5) is 0 Å². The summed E-state index contributed by atoms with van der Waals surface area (Å²) in [5.74, 6) is 1.70. The van der Waals surface area contributed by atoms with Gasteiger partial charge < -0.3 is 19.0 Å². The molecule has 176 valence electrons. The molecule has 34 heavy (non-hydrogen) atoms. The lowest BCUT2D eigenvalue weighted by atomic mass is 10.00. The van der Waals surface area contributed by atoms with Crippen LogP contribution >= 0.6 is 0 Å². The average molecular weight is 459 g/mol. The molecular formula is C27H30N4O3. The number of nitriles is 1. The van der Waals surface area contributed by atoms with Gasteiger partial charge >= 0.3 is 0 Å². The molecule has 0 unspecified atom stereocenters. The largest absolute Gasteiger partial charge is 0.490 e. The monoisotopic (exact) mass is 458 g/mol. The molecule has 0 saturated carbocycles. The first-order valence-electron chi connectivity index (χ1n) is 11.8. The van der Waals surface area contributed by atoms with Crippen molar-refractivity contribution in [2.75, 3.05) is 19.6 Å². The van der Waals surface area contributed by atoms with Crippen LogP contribution in [0, 0.1) is 11.3 Å². The molecule has 2 heterocycles. The molecule has 1 aliphatic rings. The van der Waals surface area contributed by atoms with E-state index in [1.54, 1.807) is 19.1 Å². The predicted octanol–water partition coefficient (Wildman–Crippen LogP) is 4.83. The normalized spacial score (nSPS) is 13.9. The van der Waals surface area contributed by atoms with E-state index in [9.17, 15) is 10.1 Å². The minimum atomic E-state index is -0.0196. The Hall–Kier alpha value is -3.50. The van der Waals surface area contributed by atoms with Crippen molar-refractivity contribution in [3.05, 3.63) is 53.1 Å². The van der Waals surface area contributed by atoms with Gasteiger partial charge in [-0.25, -0.2) is 0 Å². The molecule has 0 atom stereocenters. The summed E-state index contributed by atoms with van der Waals surface area (Å²) >= 11 is 0. The van der Waals surface area contributed by atoms with Crippen molar-refractivity contribution in [3.8, 4) is 34.7 Å². The molecule has 0 bridgehead atoms. The number of carbonyl (C=O) groups excluding carboxylic acids is 1. The lowest BCUT2D eigenvalue weighted by Gasteiger charge is -2.19. The zero-order chi connectivity index (χ0) is 24.1. The van der Waals surface area contributed by atoms with Gasteiger partial charge in [-0.2, -0.15) is 10.2 Å². The minimum absolute atomic E-state index is 0.0196. The molecule has 3 aromatic rings. The Morgan fingerprint density at radius 3 is 2.65 bits per heavy atom. The molecular weight excluding hydrogens is 428 g/mol. The Bertz CT molecular complexity index is 1210. The average Bonchev–Trinajstić information content (AvgIpc) is 3.22. The number of carbonyl (C=O) groups is 1. The zero-order valence-corrected chi connectivity index (χ0v) is 20.0. The summed E-state index contributed by atoms with van der Waals surface area (Å²) in [7, 11) is 0. The third-order valence-electron chi connectivity index (χ3n) is 6.00. The van der Waals surface area contributed by atoms with Gasteiger partial charge in [0, 0.05) is 30.6 Å². The van der Waals surface area contributed by atoms with Gasteiger partial charge in [0.25, 0.3) is 5.89 Å². The number of fused-ring (bicyclic) bond motifs is 1. The SMILES string of the molecule is CC(=O)CCCN1CCc2ccc(-c3noc(-c4ccc(OC(C)C)c(C#N)c4)n3)cc2CC1. The highest BCUT2D eigenvalue weighted by Gasteiger charge is 2.18. The van der Waals surface area contributed by atoms with Crippen LogP contribution in [0.3, 0.4) is 0 Å². The lowest BCUT2D eigenvalue weighted by Crippen LogP contribution is -2.27. The van der Waals surface area contributed by atoms with E-state index in [0.29, 0.717) is 35.0 Å². The molecule has 0 radical (unpaired) electrons. The van der Waals surface area contributed by atoms with Gasteiger partial charge in [-0.15, -0.1) is 0 Å². The van der Waals surface area contributed by atoms with Gasteiger partial charge in [0.1, 0.15) is 17.6 Å². The van der Waals surface area contributed by atoms with Crippen LogP contribution in [0.25, 0.3) is 22.8 Å². The van der Waals surface area contributed by atoms with Gasteiger partial charge in [0.2, 0.25) is 5.82 Å². The standard InChI is InChI=1S/C27H30N4O3/c1-18(2)33-25-9-8-23(16-24(25)17-28)27-29-26(30-34-27)22-7-6-20-10-13-31(12-4-5-19(3)32)14-11-21(20)15-22/h6-9,15-16,18H,4-5,10-14H2,1-3H3. The lowest BCUT2D eigenvalue weighted by molar-refractivity contribution is -0.117. The highest BCUT2D eigenvalue weighted by molar-refractivity contribution is 5.75. The van der Waals surface area contributed by atoms with E-state index in [2.05, 4.69) is 33.2 Å². The van der Waals surface area contributed by atoms with Crippen molar-refractivity contribution < 1.29 is 14.1 Å². The molecule has 1 aromatic heterocycles. The van der Waals surface area contributed by atoms with Gasteiger partial charge in [-0.1, -0.05) is 17.3 Å². The Kier molecular flexibility index (Phi) is 7.39. The fourth-order valence-corrected chi connectivity index (χ4v) is 4.25. The number of Topliss-reactive ketones (excluding diaryl/α,β-unsaturated/α-hetero) is 1. The zero-order valence-electron chi connectivity index (χ0n) is 20.0. The van der Waals surface area contributed by atoms with Crippen LogP contribution in [0.1, 0.15) is 50.3 Å². The van der Waals surface area contributed by atoms with Crippen LogP contribution in [-0.2, 0) is 17.6 Å². The van der Waals surface area contributed by atoms with Gasteiger partial charge in [-0.05, 0) is 82.0 Å². The molecule has 0 N–H and O–H groups in total. The molecule has 4 rings (SSSR count). The van der Waals surface area contributed by atoms with Crippen molar-refractivity contribution in [1.29, 1.82) is 5.26 Å². The third-order valence-corrected chi connectivity index (χ3v) is 6.00. The number of benzene rings is 2. The van der Waals surface area contributed by atoms with Crippen LogP contribution in [0.5, 0.6) is 5.75 Å². The Morgan fingerprint density at radius 1 is 1.15 bits per heavy atom. The second-order valence-corrected chi connectivity index (χ2v) is 9.04. The number of nitrogens with zero attached hydrogens (tertiary/aromatic N) is 4. The van der Waals surface area contributed by atoms with E-state index >= 15 is 0 Å². The summed E-state index contributed by atoms with van der Waals surface area (Å²) in [5.41, 5.74) is 4.69. The minimum Gasteiger partial charge on any atom is -0.490 e. The molecule has 0 fully saturated rings. The number of aromatic nitrogens is 2. The maximum atomic E-state index is 11.2. The Labute approximate surface area is 200 Å². The summed E-state index contributed by atoms with van der Waals surface area (Å²) < 4.78 is 11.2. The summed E-state index contributed by atoms with van der Waals surface area (Å²) in [4.78, 5) is 18.3. The van der Waals surface area contributed by atoms with Crippen molar-refractivity contribution in [2.45, 2.75) is 52.6 Å². The van der Waals surface area contributed by atoms with Crippen LogP contribution < -0.4 is 4.74 Å². The molecule has 7 heteroatoms. The van der Waals surface area contributed by atoms with Crippen molar-refractivity contribution in [3.63, 3.8) is 0 Å². The molecule has 0 amide bonds. The third kappa shape index (κ3) is 5.70. The molecule has 2 aromatic carbocycles. The van der Waals surface area contributed by atoms with E-state index in [0.717, 1.165) is 44.5 Å². The molecule has 0 spiro atoms. The second kappa shape index (κ2) is 10.6. The van der Waals surface area contributed by atoms with Gasteiger partial charge in [0.05, 0.1) is 11.7 Å². The number of hydrogen-bond donors (Lipinski definition) is 0. The quantitative estimate of drug-likeness (QED) is 0.477. The number of hydrogen-bond acceptors (Lipinski definition) is 7. The first-order valence-corrected chi connectivity index (χ1v) is 11.8. The van der Waals surface area contributed by atoms with E-state index in [1.165, 1.54) is 11.1 Å². The van der Waals surface area contributed by atoms with Gasteiger partial charge in [-0.3, -0.25) is 0 Å². The topological polar surface area (TPSA) is 92.3 Å². The first kappa shape index (κ1) is 23.7. The van der Waals surface area contributed by atoms with Crippen molar-refractivity contribution in [2.24, 2.45) is 0 Å². The van der Waals surface area contributed by atoms with Crippen molar-refractivity contribution in [1.82, 2.24) is 15.0 Å². The summed E-state index contributed by atoms with van der Waals surface area (Å²) in [6, 6.07) is 13.8. The Morgan fingerprint density at radius 2 is 1.91 bits per heavy atom. The van der Waals surface area contributed by atoms with Crippen molar-refractivity contribution >= 4 is 5.78 Å². The number of ether oxygens (including phenoxy) is 1. The number of rotatable bonds is 8. The smallest absolute Gasteiger partial charge is 0.258 e. The predicted molar refractivity (Wildman–Crippen MR) is 129 cm³/mol. The summed E-state index contributed by atoms with van der Waals surface area (Å²) in [5, 5.41) is 13.7. The number of ketones is 1. The summed E-state index contributed by atoms with van der Waals surface area (Å²) in [6.45, 7) is 8.45. The maximum Gasteiger partial charge on any atom is 0.258 e. The van der Waals surface area contributed by atoms with E-state index in [1.807, 2.05) is 26.0 Å². The second-order valence-electron chi connectivity index (χ2n) is 9.04. The molecule has 0 saturated heterocycles. The fraction of sp³-hybridized carbons (Fsp3) is 0.407. The fourth-order valence-electron chi connectivity index (χ4n) is 4.25. The molecule has 1 aliphatic heterocycles. The van der Waals surface area contributed by atoms with E-state index in [4.69, 9.17) is 9.26 Å². The Balaban J connectivity index is 1.49. The molecule has 0 aliphatic carbocycles. The summed E-state index contributed by atoms with van der Waals surface area (Å²) in [6.07, 6.45) is 3.50. The maximum absolute atomic E-state index is 11.2. The molecule has 7 nitrogen and oxygen atoms in total. The van der Waals surface area contributed by atoms with Crippen LogP contribution in [0.15, 0.2) is 40.9 Å². The highest BCUT2D eigenvalue weighted by Crippen LogP contribution is 2.29. The van der Waals surface area contributed by atoms with Crippen LogP contribution in [-0.4, -0.2) is 46.6 Å².